The molecule has 1 aliphatic carbocycles. The van der Waals surface area contributed by atoms with Gasteiger partial charge >= 0.3 is 6.18 Å². The van der Waals surface area contributed by atoms with Gasteiger partial charge in [-0.25, -0.2) is 17.5 Å². The maximum atomic E-state index is 14.8. The molecule has 1 aliphatic heterocycles. The molecule has 43 heavy (non-hydrogen) atoms. The van der Waals surface area contributed by atoms with Crippen molar-refractivity contribution in [3.63, 3.8) is 0 Å². The first-order chi connectivity index (χ1) is 20.5. The number of alkyl halides is 3. The van der Waals surface area contributed by atoms with E-state index in [9.17, 15) is 30.8 Å². The van der Waals surface area contributed by atoms with Crippen LogP contribution in [0.5, 0.6) is 0 Å². The Morgan fingerprint density at radius 2 is 1.72 bits per heavy atom. The van der Waals surface area contributed by atoms with Gasteiger partial charge in [0.25, 0.3) is 0 Å². The highest BCUT2D eigenvalue weighted by Gasteiger charge is 2.33. The summed E-state index contributed by atoms with van der Waals surface area (Å²) in [6.07, 6.45) is 0.955. The molecule has 0 bridgehead atoms. The van der Waals surface area contributed by atoms with E-state index in [2.05, 4.69) is 27.1 Å². The molecule has 11 heteroatoms. The molecule has 2 N–H and O–H groups in total. The summed E-state index contributed by atoms with van der Waals surface area (Å²) in [6.45, 7) is 3.08. The molecule has 1 amide bonds. The van der Waals surface area contributed by atoms with Crippen molar-refractivity contribution in [2.45, 2.75) is 74.6 Å². The average molecular weight is 618 g/mol. The van der Waals surface area contributed by atoms with Crippen molar-refractivity contribution in [1.82, 2.24) is 14.9 Å². The minimum absolute atomic E-state index is 0.0837. The summed E-state index contributed by atoms with van der Waals surface area (Å²) in [5.74, 6) is -1.24. The zero-order valence-electron chi connectivity index (χ0n) is 23.7. The Hall–Kier alpha value is -3.28. The van der Waals surface area contributed by atoms with E-state index in [1.54, 1.807) is 0 Å². The second-order valence-corrected chi connectivity index (χ2v) is 13.0. The number of carbonyl (C=O) groups excluding carboxylic acids is 1. The number of likely N-dealkylation sites (tertiary alicyclic amines) is 1. The maximum absolute atomic E-state index is 14.8. The van der Waals surface area contributed by atoms with Crippen LogP contribution in [-0.4, -0.2) is 32.3 Å². The lowest BCUT2D eigenvalue weighted by Gasteiger charge is -2.29. The number of fused-ring (bicyclic) bond motifs is 1. The van der Waals surface area contributed by atoms with Gasteiger partial charge in [0.2, 0.25) is 15.9 Å². The van der Waals surface area contributed by atoms with Crippen LogP contribution < -0.4 is 10.0 Å². The van der Waals surface area contributed by atoms with Crippen LogP contribution >= 0.6 is 0 Å². The fraction of sp³-hybridized carbons (Fsp3) is 0.406. The number of amides is 1. The molecule has 2 atom stereocenters. The smallest absolute Gasteiger partial charge is 0.349 e. The first-order valence-corrected chi connectivity index (χ1v) is 16.1. The number of carbonyl (C=O) groups is 1. The number of hydrogen-bond acceptors (Lipinski definition) is 4. The van der Waals surface area contributed by atoms with E-state index in [1.165, 1.54) is 48.6 Å². The molecule has 2 aliphatic rings. The summed E-state index contributed by atoms with van der Waals surface area (Å²) in [7, 11) is -4.55. The molecule has 0 spiro atoms. The third-order valence-electron chi connectivity index (χ3n) is 8.15. The third-order valence-corrected chi connectivity index (χ3v) is 9.62. The van der Waals surface area contributed by atoms with Crippen LogP contribution in [0.4, 0.5) is 17.6 Å². The van der Waals surface area contributed by atoms with Crippen molar-refractivity contribution in [1.29, 1.82) is 0 Å². The normalized spacial score (nSPS) is 18.6. The molecule has 1 unspecified atom stereocenters. The quantitative estimate of drug-likeness (QED) is 0.271. The SMILES string of the molecule is O=C(CC(NS(=O)(=O)c1cccc(C(F)(F)F)c1)c1ccccc1F)N[C@@H]1CCCc2cc(CN3CCCCC3)ccc21. The molecule has 1 heterocycles. The zero-order chi connectivity index (χ0) is 30.6. The van der Waals surface area contributed by atoms with Crippen LogP contribution in [0.1, 0.15) is 78.4 Å². The van der Waals surface area contributed by atoms with Crippen LogP contribution in [-0.2, 0) is 34.0 Å². The van der Waals surface area contributed by atoms with Gasteiger partial charge in [-0.15, -0.1) is 0 Å². The van der Waals surface area contributed by atoms with Crippen LogP contribution in [0.3, 0.4) is 0 Å². The lowest BCUT2D eigenvalue weighted by Crippen LogP contribution is -2.36. The van der Waals surface area contributed by atoms with E-state index in [4.69, 9.17) is 0 Å². The highest BCUT2D eigenvalue weighted by Crippen LogP contribution is 2.33. The van der Waals surface area contributed by atoms with Gasteiger partial charge in [0, 0.05) is 18.5 Å². The number of sulfonamides is 1. The Morgan fingerprint density at radius 3 is 2.47 bits per heavy atom. The number of hydrogen-bond donors (Lipinski definition) is 2. The Balaban J connectivity index is 1.33. The fourth-order valence-corrected chi connectivity index (χ4v) is 7.26. The van der Waals surface area contributed by atoms with E-state index in [0.717, 1.165) is 62.3 Å². The third kappa shape index (κ3) is 7.82. The molecule has 3 aromatic rings. The van der Waals surface area contributed by atoms with Gasteiger partial charge in [-0.05, 0) is 86.1 Å². The molecule has 6 nitrogen and oxygen atoms in total. The number of nitrogens with one attached hydrogen (secondary N) is 2. The largest absolute Gasteiger partial charge is 0.416 e. The van der Waals surface area contributed by atoms with Gasteiger partial charge in [-0.1, -0.05) is 48.9 Å². The van der Waals surface area contributed by atoms with E-state index in [-0.39, 0.29) is 11.6 Å². The minimum atomic E-state index is -4.75. The van der Waals surface area contributed by atoms with Crippen LogP contribution in [0, 0.1) is 5.82 Å². The summed E-state index contributed by atoms with van der Waals surface area (Å²) in [4.78, 5) is 15.2. The minimum Gasteiger partial charge on any atom is -0.349 e. The maximum Gasteiger partial charge on any atom is 0.416 e. The van der Waals surface area contributed by atoms with Gasteiger partial charge in [0.05, 0.1) is 22.5 Å². The van der Waals surface area contributed by atoms with Crippen molar-refractivity contribution in [2.24, 2.45) is 0 Å². The van der Waals surface area contributed by atoms with E-state index in [0.29, 0.717) is 12.5 Å². The number of halogens is 4. The molecular weight excluding hydrogens is 582 g/mol. The standard InChI is InChI=1S/C32H35F4N3O3S/c33-28-12-3-2-11-27(28)30(38-43(41,42)25-10-7-9-24(19-25)32(34,35)36)20-31(40)37-29-13-6-8-23-18-22(14-15-26(23)29)21-39-16-4-1-5-17-39/h2-3,7,9-12,14-15,18-19,29-30,38H,1,4-6,8,13,16-17,20-21H2,(H,37,40)/t29-,30?/m1/s1. The molecule has 0 radical (unpaired) electrons. The summed E-state index contributed by atoms with van der Waals surface area (Å²) in [5.41, 5.74) is 2.19. The first kappa shape index (κ1) is 31.2. The van der Waals surface area contributed by atoms with Crippen molar-refractivity contribution < 1.29 is 30.8 Å². The topological polar surface area (TPSA) is 78.5 Å². The summed E-state index contributed by atoms with van der Waals surface area (Å²) in [5, 5.41) is 2.99. The fourth-order valence-electron chi connectivity index (χ4n) is 6.00. The predicted octanol–water partition coefficient (Wildman–Crippen LogP) is 6.43. The predicted molar refractivity (Wildman–Crippen MR) is 155 cm³/mol. The summed E-state index contributed by atoms with van der Waals surface area (Å²) >= 11 is 0. The Bertz CT molecular complexity index is 1560. The Kier molecular flexibility index (Phi) is 9.53. The zero-order valence-corrected chi connectivity index (χ0v) is 24.5. The Morgan fingerprint density at radius 1 is 0.953 bits per heavy atom. The van der Waals surface area contributed by atoms with Crippen LogP contribution in [0.25, 0.3) is 0 Å². The van der Waals surface area contributed by atoms with E-state index >= 15 is 0 Å². The number of rotatable bonds is 9. The van der Waals surface area contributed by atoms with E-state index < -0.39 is 50.8 Å². The van der Waals surface area contributed by atoms with Crippen molar-refractivity contribution in [3.05, 3.63) is 100 Å². The van der Waals surface area contributed by atoms with Crippen molar-refractivity contribution in [2.75, 3.05) is 13.1 Å². The number of piperidine rings is 1. The molecule has 0 aromatic heterocycles. The number of benzene rings is 3. The van der Waals surface area contributed by atoms with Gasteiger partial charge in [-0.2, -0.15) is 13.2 Å². The number of aryl methyl sites for hydroxylation is 1. The molecule has 0 saturated carbocycles. The molecule has 1 fully saturated rings. The van der Waals surface area contributed by atoms with Crippen LogP contribution in [0.15, 0.2) is 71.6 Å². The molecule has 1 saturated heterocycles. The molecular formula is C32H35F4N3O3S. The average Bonchev–Trinajstić information content (AvgIpc) is 2.97. The molecule has 3 aromatic carbocycles. The second-order valence-electron chi connectivity index (χ2n) is 11.3. The summed E-state index contributed by atoms with van der Waals surface area (Å²) < 4.78 is 83.2. The lowest BCUT2D eigenvalue weighted by molar-refractivity contribution is -0.137. The Labute approximate surface area is 249 Å². The lowest BCUT2D eigenvalue weighted by atomic mass is 9.86. The van der Waals surface area contributed by atoms with Gasteiger partial charge in [0.1, 0.15) is 5.82 Å². The first-order valence-electron chi connectivity index (χ1n) is 14.6. The van der Waals surface area contributed by atoms with Gasteiger partial charge < -0.3 is 5.32 Å². The second kappa shape index (κ2) is 13.2. The van der Waals surface area contributed by atoms with Gasteiger partial charge in [-0.3, -0.25) is 9.69 Å². The number of nitrogens with zero attached hydrogens (tertiary/aromatic N) is 1. The monoisotopic (exact) mass is 617 g/mol. The van der Waals surface area contributed by atoms with Crippen LogP contribution in [0.2, 0.25) is 0 Å². The highest BCUT2D eigenvalue weighted by atomic mass is 32.2. The highest BCUT2D eigenvalue weighted by molar-refractivity contribution is 7.89. The van der Waals surface area contributed by atoms with Gasteiger partial charge in [0.15, 0.2) is 0 Å². The molecule has 230 valence electrons. The summed E-state index contributed by atoms with van der Waals surface area (Å²) in [6, 6.07) is 13.4. The van der Waals surface area contributed by atoms with Crippen molar-refractivity contribution in [3.8, 4) is 0 Å². The van der Waals surface area contributed by atoms with Crippen molar-refractivity contribution >= 4 is 15.9 Å². The molecule has 5 rings (SSSR count). The van der Waals surface area contributed by atoms with E-state index in [1.807, 2.05) is 6.07 Å².